The van der Waals surface area contributed by atoms with E-state index in [1.807, 2.05) is 18.3 Å². The van der Waals surface area contributed by atoms with Crippen LogP contribution in [-0.4, -0.2) is 54.3 Å². The molecule has 1 aromatic heterocycles. The van der Waals surface area contributed by atoms with E-state index in [-0.39, 0.29) is 5.91 Å². The standard InChI is InChI=1S/C18H27N3O2/c22-17(19-16-4-1-5-18(16)6-7-18)15-3-2-8-21(15)10-9-20-11-13-23-14-12-20/h2-3,8,16H,1,4-7,9-14H2,(H,19,22). The lowest BCUT2D eigenvalue weighted by molar-refractivity contribution is 0.0362. The molecule has 126 valence electrons. The van der Waals surface area contributed by atoms with Crippen molar-refractivity contribution < 1.29 is 9.53 Å². The number of aromatic nitrogens is 1. The van der Waals surface area contributed by atoms with Gasteiger partial charge in [0.2, 0.25) is 0 Å². The van der Waals surface area contributed by atoms with Crippen LogP contribution in [0.5, 0.6) is 0 Å². The summed E-state index contributed by atoms with van der Waals surface area (Å²) in [7, 11) is 0. The molecule has 1 atom stereocenters. The first-order valence-corrected chi connectivity index (χ1v) is 9.03. The van der Waals surface area contributed by atoms with Crippen LogP contribution in [0, 0.1) is 5.41 Å². The zero-order valence-electron chi connectivity index (χ0n) is 13.8. The summed E-state index contributed by atoms with van der Waals surface area (Å²) in [6, 6.07) is 4.33. The second-order valence-corrected chi connectivity index (χ2v) is 7.32. The molecule has 4 rings (SSSR count). The maximum Gasteiger partial charge on any atom is 0.268 e. The Kier molecular flexibility index (Phi) is 4.16. The highest BCUT2D eigenvalue weighted by Crippen LogP contribution is 2.57. The molecule has 2 heterocycles. The number of morpholine rings is 1. The average molecular weight is 317 g/mol. The van der Waals surface area contributed by atoms with Crippen LogP contribution in [-0.2, 0) is 11.3 Å². The van der Waals surface area contributed by atoms with Crippen molar-refractivity contribution >= 4 is 5.91 Å². The molecule has 0 radical (unpaired) electrons. The summed E-state index contributed by atoms with van der Waals surface area (Å²) in [5.41, 5.74) is 1.27. The summed E-state index contributed by atoms with van der Waals surface area (Å²) in [5.74, 6) is 0.107. The molecule has 1 N–H and O–H groups in total. The van der Waals surface area contributed by atoms with Crippen molar-refractivity contribution in [1.82, 2.24) is 14.8 Å². The number of carbonyl (C=O) groups excluding carboxylic acids is 1. The Bertz CT molecular complexity index is 558. The molecule has 1 saturated heterocycles. The van der Waals surface area contributed by atoms with Gasteiger partial charge < -0.3 is 14.6 Å². The highest BCUT2D eigenvalue weighted by molar-refractivity contribution is 5.93. The maximum absolute atomic E-state index is 12.7. The van der Waals surface area contributed by atoms with Gasteiger partial charge in [0.15, 0.2) is 0 Å². The predicted octanol–water partition coefficient (Wildman–Crippen LogP) is 1.88. The van der Waals surface area contributed by atoms with Crippen molar-refractivity contribution in [2.24, 2.45) is 5.41 Å². The van der Waals surface area contributed by atoms with Crippen molar-refractivity contribution in [3.05, 3.63) is 24.0 Å². The molecular weight excluding hydrogens is 290 g/mol. The highest BCUT2D eigenvalue weighted by atomic mass is 16.5. The van der Waals surface area contributed by atoms with E-state index in [0.29, 0.717) is 11.5 Å². The van der Waals surface area contributed by atoms with Gasteiger partial charge in [0.25, 0.3) is 5.91 Å². The molecule has 1 aromatic rings. The van der Waals surface area contributed by atoms with Gasteiger partial charge in [-0.15, -0.1) is 0 Å². The van der Waals surface area contributed by atoms with Gasteiger partial charge in [0.1, 0.15) is 5.69 Å². The van der Waals surface area contributed by atoms with Crippen LogP contribution in [0.3, 0.4) is 0 Å². The van der Waals surface area contributed by atoms with Crippen LogP contribution in [0.2, 0.25) is 0 Å². The fourth-order valence-corrected chi connectivity index (χ4v) is 4.24. The van der Waals surface area contributed by atoms with Gasteiger partial charge in [-0.3, -0.25) is 9.69 Å². The first kappa shape index (κ1) is 15.2. The largest absolute Gasteiger partial charge is 0.379 e. The van der Waals surface area contributed by atoms with Crippen LogP contribution in [0.4, 0.5) is 0 Å². The van der Waals surface area contributed by atoms with Crippen LogP contribution in [0.25, 0.3) is 0 Å². The van der Waals surface area contributed by atoms with Gasteiger partial charge >= 0.3 is 0 Å². The van der Waals surface area contributed by atoms with Gasteiger partial charge in [0.05, 0.1) is 13.2 Å². The lowest BCUT2D eigenvalue weighted by atomic mass is 10.0. The molecule has 23 heavy (non-hydrogen) atoms. The van der Waals surface area contributed by atoms with E-state index < -0.39 is 0 Å². The Hall–Kier alpha value is -1.33. The number of nitrogens with one attached hydrogen (secondary N) is 1. The van der Waals surface area contributed by atoms with E-state index in [2.05, 4.69) is 14.8 Å². The summed E-state index contributed by atoms with van der Waals surface area (Å²) in [5, 5.41) is 3.32. The Morgan fingerprint density at radius 2 is 2.09 bits per heavy atom. The first-order chi connectivity index (χ1) is 11.3. The Morgan fingerprint density at radius 1 is 1.26 bits per heavy atom. The summed E-state index contributed by atoms with van der Waals surface area (Å²) in [4.78, 5) is 15.1. The summed E-state index contributed by atoms with van der Waals surface area (Å²) in [6.07, 6.45) is 8.35. The van der Waals surface area contributed by atoms with E-state index in [9.17, 15) is 4.79 Å². The van der Waals surface area contributed by atoms with E-state index in [0.717, 1.165) is 51.5 Å². The molecule has 0 bridgehead atoms. The molecule has 0 aromatic carbocycles. The van der Waals surface area contributed by atoms with Crippen molar-refractivity contribution in [2.75, 3.05) is 32.8 Å². The quantitative estimate of drug-likeness (QED) is 0.902. The molecule has 3 aliphatic rings. The normalized spacial score (nSPS) is 26.5. The highest BCUT2D eigenvalue weighted by Gasteiger charge is 2.52. The lowest BCUT2D eigenvalue weighted by Gasteiger charge is -2.27. The van der Waals surface area contributed by atoms with E-state index in [1.54, 1.807) is 0 Å². The molecule has 3 fully saturated rings. The number of ether oxygens (including phenoxy) is 1. The summed E-state index contributed by atoms with van der Waals surface area (Å²) in [6.45, 7) is 5.48. The van der Waals surface area contributed by atoms with E-state index in [1.165, 1.54) is 25.7 Å². The number of nitrogens with zero attached hydrogens (tertiary/aromatic N) is 2. The molecule has 1 amide bonds. The smallest absolute Gasteiger partial charge is 0.268 e. The SMILES string of the molecule is O=C(NC1CCCC12CC2)c1cccn1CCN1CCOCC1. The number of amides is 1. The number of rotatable bonds is 5. The number of hydrogen-bond acceptors (Lipinski definition) is 3. The third kappa shape index (κ3) is 3.17. The molecule has 1 aliphatic heterocycles. The first-order valence-electron chi connectivity index (χ1n) is 9.03. The zero-order valence-corrected chi connectivity index (χ0v) is 13.8. The second-order valence-electron chi connectivity index (χ2n) is 7.32. The van der Waals surface area contributed by atoms with Gasteiger partial charge in [-0.1, -0.05) is 6.42 Å². The number of carbonyl (C=O) groups is 1. The topological polar surface area (TPSA) is 46.5 Å². The van der Waals surface area contributed by atoms with Gasteiger partial charge in [-0.25, -0.2) is 0 Å². The zero-order chi connectivity index (χ0) is 15.7. The number of hydrogen-bond donors (Lipinski definition) is 1. The third-order valence-electron chi connectivity index (χ3n) is 5.93. The minimum absolute atomic E-state index is 0.107. The fourth-order valence-electron chi connectivity index (χ4n) is 4.24. The molecule has 2 saturated carbocycles. The average Bonchev–Trinajstić information content (AvgIpc) is 3.03. The summed E-state index contributed by atoms with van der Waals surface area (Å²) >= 11 is 0. The Balaban J connectivity index is 1.35. The van der Waals surface area contributed by atoms with Crippen molar-refractivity contribution in [1.29, 1.82) is 0 Å². The van der Waals surface area contributed by atoms with E-state index in [4.69, 9.17) is 4.74 Å². The minimum Gasteiger partial charge on any atom is -0.379 e. The molecule has 1 unspecified atom stereocenters. The van der Waals surface area contributed by atoms with Crippen LogP contribution >= 0.6 is 0 Å². The molecule has 5 heteroatoms. The second kappa shape index (κ2) is 6.29. The predicted molar refractivity (Wildman–Crippen MR) is 88.5 cm³/mol. The monoisotopic (exact) mass is 317 g/mol. The van der Waals surface area contributed by atoms with Crippen molar-refractivity contribution in [3.8, 4) is 0 Å². The van der Waals surface area contributed by atoms with Gasteiger partial charge in [0, 0.05) is 38.4 Å². The lowest BCUT2D eigenvalue weighted by Crippen LogP contribution is -2.40. The molecule has 5 nitrogen and oxygen atoms in total. The maximum atomic E-state index is 12.7. The Labute approximate surface area is 138 Å². The van der Waals surface area contributed by atoms with Gasteiger partial charge in [-0.2, -0.15) is 0 Å². The van der Waals surface area contributed by atoms with Crippen LogP contribution in [0.1, 0.15) is 42.6 Å². The summed E-state index contributed by atoms with van der Waals surface area (Å²) < 4.78 is 7.48. The molecular formula is C18H27N3O2. The fraction of sp³-hybridized carbons (Fsp3) is 0.722. The van der Waals surface area contributed by atoms with E-state index >= 15 is 0 Å². The van der Waals surface area contributed by atoms with Crippen molar-refractivity contribution in [3.63, 3.8) is 0 Å². The van der Waals surface area contributed by atoms with Gasteiger partial charge in [-0.05, 0) is 43.2 Å². The molecule has 2 aliphatic carbocycles. The minimum atomic E-state index is 0.107. The van der Waals surface area contributed by atoms with Crippen LogP contribution < -0.4 is 5.32 Å². The van der Waals surface area contributed by atoms with Crippen molar-refractivity contribution in [2.45, 2.75) is 44.7 Å². The third-order valence-corrected chi connectivity index (χ3v) is 5.93. The van der Waals surface area contributed by atoms with Crippen LogP contribution in [0.15, 0.2) is 18.3 Å². The molecule has 1 spiro atoms. The Morgan fingerprint density at radius 3 is 2.87 bits per heavy atom.